The quantitative estimate of drug-likeness (QED) is 0.845. The van der Waals surface area contributed by atoms with Gasteiger partial charge in [-0.3, -0.25) is 4.79 Å². The average molecular weight is 365 g/mol. The molecule has 5 rings (SSSR count). The molecular formula is C20H19N3O4. The number of anilines is 1. The third kappa shape index (κ3) is 2.49. The van der Waals surface area contributed by atoms with Gasteiger partial charge in [0.05, 0.1) is 24.1 Å². The van der Waals surface area contributed by atoms with Gasteiger partial charge in [0.25, 0.3) is 5.91 Å². The molecular weight excluding hydrogens is 346 g/mol. The van der Waals surface area contributed by atoms with Gasteiger partial charge in [0, 0.05) is 6.07 Å². The molecule has 7 heteroatoms. The highest BCUT2D eigenvalue weighted by molar-refractivity contribution is 6.21. The van der Waals surface area contributed by atoms with E-state index in [1.807, 2.05) is 18.2 Å². The van der Waals surface area contributed by atoms with Crippen molar-refractivity contribution in [2.75, 3.05) is 4.90 Å². The zero-order valence-electron chi connectivity index (χ0n) is 14.9. The van der Waals surface area contributed by atoms with Crippen LogP contribution < -0.4 is 15.0 Å². The predicted molar refractivity (Wildman–Crippen MR) is 96.6 cm³/mol. The summed E-state index contributed by atoms with van der Waals surface area (Å²) in [6, 6.07) is 8.34. The van der Waals surface area contributed by atoms with Gasteiger partial charge >= 0.3 is 6.03 Å². The van der Waals surface area contributed by atoms with Crippen LogP contribution in [0.1, 0.15) is 37.3 Å². The van der Waals surface area contributed by atoms with Crippen LogP contribution >= 0.6 is 0 Å². The molecule has 1 N–H and O–H groups in total. The fraction of sp³-hybridized carbons (Fsp3) is 0.350. The molecule has 138 valence electrons. The summed E-state index contributed by atoms with van der Waals surface area (Å²) >= 11 is 0. The number of rotatable bonds is 3. The molecule has 3 aliphatic rings. The first-order valence-electron chi connectivity index (χ1n) is 9.11. The van der Waals surface area contributed by atoms with Crippen molar-refractivity contribution in [1.29, 1.82) is 0 Å². The van der Waals surface area contributed by atoms with Gasteiger partial charge < -0.3 is 14.8 Å². The fourth-order valence-corrected chi connectivity index (χ4v) is 3.91. The Morgan fingerprint density at radius 3 is 2.74 bits per heavy atom. The molecule has 1 saturated heterocycles. The normalized spacial score (nSPS) is 22.6. The Morgan fingerprint density at radius 2 is 2.11 bits per heavy atom. The number of urea groups is 1. The lowest BCUT2D eigenvalue weighted by atomic mass is 9.75. The number of fused-ring (bicyclic) bond motifs is 2. The van der Waals surface area contributed by atoms with E-state index < -0.39 is 12.1 Å². The zero-order chi connectivity index (χ0) is 18.6. The molecule has 0 unspecified atom stereocenters. The van der Waals surface area contributed by atoms with Crippen molar-refractivity contribution in [2.24, 2.45) is 0 Å². The van der Waals surface area contributed by atoms with Crippen LogP contribution in [0.5, 0.6) is 11.6 Å². The van der Waals surface area contributed by atoms with Crippen molar-refractivity contribution >= 4 is 17.6 Å². The first kappa shape index (κ1) is 16.3. The number of aromatic nitrogens is 1. The first-order valence-corrected chi connectivity index (χ1v) is 9.11. The monoisotopic (exact) mass is 365 g/mol. The number of hydrogen-bond acceptors (Lipinski definition) is 5. The summed E-state index contributed by atoms with van der Waals surface area (Å²) in [5.74, 6) is 0.814. The number of carbonyl (C=O) groups is 2. The van der Waals surface area contributed by atoms with Crippen molar-refractivity contribution < 1.29 is 19.1 Å². The van der Waals surface area contributed by atoms with Crippen LogP contribution in [0.25, 0.3) is 0 Å². The van der Waals surface area contributed by atoms with Gasteiger partial charge in [-0.15, -0.1) is 0 Å². The summed E-state index contributed by atoms with van der Waals surface area (Å²) in [6.07, 6.45) is 4.77. The van der Waals surface area contributed by atoms with Crippen molar-refractivity contribution in [3.63, 3.8) is 0 Å². The molecule has 3 heterocycles. The second-order valence-corrected chi connectivity index (χ2v) is 7.26. The summed E-state index contributed by atoms with van der Waals surface area (Å²) in [5, 5.41) is 2.58. The number of benzene rings is 1. The highest BCUT2D eigenvalue weighted by atomic mass is 16.5. The molecule has 0 radical (unpaired) electrons. The van der Waals surface area contributed by atoms with E-state index in [9.17, 15) is 9.59 Å². The Kier molecular flexibility index (Phi) is 3.48. The Labute approximate surface area is 156 Å². The van der Waals surface area contributed by atoms with Gasteiger partial charge in [-0.25, -0.2) is 14.7 Å². The molecule has 1 atom stereocenters. The molecule has 1 aromatic heterocycles. The topological polar surface area (TPSA) is 80.8 Å². The maximum atomic E-state index is 12.1. The van der Waals surface area contributed by atoms with E-state index in [-0.39, 0.29) is 11.5 Å². The molecule has 2 aromatic rings. The molecule has 27 heavy (non-hydrogen) atoms. The standard InChI is InChI=1S/C20H19N3O4/c1-12-18(24)23(19(25)22-12)14-4-6-17(21-10-14)27-15-5-3-13-11-26-20(7-2-8-20)16(13)9-15/h3-6,9-10,12H,2,7-8,11H2,1H3,(H,22,25)/t12-/m0/s1. The zero-order valence-corrected chi connectivity index (χ0v) is 14.9. The summed E-state index contributed by atoms with van der Waals surface area (Å²) < 4.78 is 11.9. The first-order chi connectivity index (χ1) is 13.1. The SMILES string of the molecule is C[C@@H]1NC(=O)N(c2ccc(Oc3ccc4c(c3)C3(CCC3)OC4)nc2)C1=O. The van der Waals surface area contributed by atoms with Crippen molar-refractivity contribution in [1.82, 2.24) is 10.3 Å². The molecule has 1 saturated carbocycles. The van der Waals surface area contributed by atoms with Gasteiger partial charge in [-0.1, -0.05) is 6.07 Å². The van der Waals surface area contributed by atoms with Crippen molar-refractivity contribution in [2.45, 2.75) is 44.4 Å². The van der Waals surface area contributed by atoms with Crippen LogP contribution in [0, 0.1) is 0 Å². The smallest absolute Gasteiger partial charge is 0.329 e. The van der Waals surface area contributed by atoms with E-state index in [4.69, 9.17) is 9.47 Å². The molecule has 1 aromatic carbocycles. The third-order valence-electron chi connectivity index (χ3n) is 5.57. The molecule has 3 amide bonds. The maximum absolute atomic E-state index is 12.1. The van der Waals surface area contributed by atoms with Gasteiger partial charge in [0.15, 0.2) is 0 Å². The van der Waals surface area contributed by atoms with Gasteiger partial charge in [0.1, 0.15) is 11.8 Å². The van der Waals surface area contributed by atoms with Crippen LogP contribution in [0.3, 0.4) is 0 Å². The Balaban J connectivity index is 1.36. The molecule has 1 spiro atoms. The molecule has 1 aliphatic carbocycles. The Hall–Kier alpha value is -2.93. The van der Waals surface area contributed by atoms with E-state index in [0.29, 0.717) is 23.9 Å². The van der Waals surface area contributed by atoms with E-state index in [2.05, 4.69) is 10.3 Å². The van der Waals surface area contributed by atoms with E-state index in [1.54, 1.807) is 19.1 Å². The highest BCUT2D eigenvalue weighted by Gasteiger charge is 2.45. The number of hydrogen-bond donors (Lipinski definition) is 1. The number of pyridine rings is 1. The summed E-state index contributed by atoms with van der Waals surface area (Å²) in [4.78, 5) is 29.3. The van der Waals surface area contributed by atoms with Gasteiger partial charge in [-0.2, -0.15) is 0 Å². The van der Waals surface area contributed by atoms with E-state index >= 15 is 0 Å². The van der Waals surface area contributed by atoms with Gasteiger partial charge in [0.2, 0.25) is 5.88 Å². The second-order valence-electron chi connectivity index (χ2n) is 7.26. The highest BCUT2D eigenvalue weighted by Crippen LogP contribution is 2.51. The molecule has 2 fully saturated rings. The van der Waals surface area contributed by atoms with E-state index in [0.717, 1.165) is 17.7 Å². The Morgan fingerprint density at radius 1 is 1.26 bits per heavy atom. The number of nitrogens with zero attached hydrogens (tertiary/aromatic N) is 2. The average Bonchev–Trinajstić information content (AvgIpc) is 3.13. The minimum absolute atomic E-state index is 0.119. The summed E-state index contributed by atoms with van der Waals surface area (Å²) in [7, 11) is 0. The third-order valence-corrected chi connectivity index (χ3v) is 5.57. The Bertz CT molecular complexity index is 937. The summed E-state index contributed by atoms with van der Waals surface area (Å²) in [5.41, 5.74) is 2.74. The van der Waals surface area contributed by atoms with E-state index in [1.165, 1.54) is 23.7 Å². The molecule has 0 bridgehead atoms. The van der Waals surface area contributed by atoms with Gasteiger partial charge in [-0.05, 0) is 55.5 Å². The molecule has 2 aliphatic heterocycles. The largest absolute Gasteiger partial charge is 0.439 e. The van der Waals surface area contributed by atoms with Crippen LogP contribution in [0.15, 0.2) is 36.5 Å². The number of imide groups is 1. The van der Waals surface area contributed by atoms with Crippen LogP contribution in [0.2, 0.25) is 0 Å². The number of amides is 3. The van der Waals surface area contributed by atoms with Crippen LogP contribution in [-0.2, 0) is 21.7 Å². The second kappa shape index (κ2) is 5.79. The number of nitrogens with one attached hydrogen (secondary N) is 1. The maximum Gasteiger partial charge on any atom is 0.329 e. The van der Waals surface area contributed by atoms with Crippen LogP contribution in [0.4, 0.5) is 10.5 Å². The number of ether oxygens (including phenoxy) is 2. The minimum atomic E-state index is -0.527. The fourth-order valence-electron chi connectivity index (χ4n) is 3.91. The van der Waals surface area contributed by atoms with Crippen molar-refractivity contribution in [3.8, 4) is 11.6 Å². The van der Waals surface area contributed by atoms with Crippen molar-refractivity contribution in [3.05, 3.63) is 47.7 Å². The lowest BCUT2D eigenvalue weighted by Gasteiger charge is -2.38. The predicted octanol–water partition coefficient (Wildman–Crippen LogP) is 3.23. The number of carbonyl (C=O) groups excluding carboxylic acids is 2. The minimum Gasteiger partial charge on any atom is -0.439 e. The molecule has 7 nitrogen and oxygen atoms in total. The summed E-state index contributed by atoms with van der Waals surface area (Å²) in [6.45, 7) is 2.31. The lowest BCUT2D eigenvalue weighted by Crippen LogP contribution is -2.33. The lowest BCUT2D eigenvalue weighted by molar-refractivity contribution is -0.117. The van der Waals surface area contributed by atoms with Crippen LogP contribution in [-0.4, -0.2) is 23.0 Å².